The van der Waals surface area contributed by atoms with Crippen LogP contribution >= 0.6 is 0 Å². The van der Waals surface area contributed by atoms with Crippen molar-refractivity contribution in [3.8, 4) is 0 Å². The Hall–Kier alpha value is -0.770. The Morgan fingerprint density at radius 3 is 2.58 bits per heavy atom. The molecule has 1 saturated heterocycles. The quantitative estimate of drug-likeness (QED) is 0.601. The summed E-state index contributed by atoms with van der Waals surface area (Å²) in [6.45, 7) is 4.56. The molecule has 1 aliphatic rings. The van der Waals surface area contributed by atoms with Crippen molar-refractivity contribution < 1.29 is 14.3 Å². The lowest BCUT2D eigenvalue weighted by molar-refractivity contribution is 0.0221. The van der Waals surface area contributed by atoms with E-state index in [9.17, 15) is 4.79 Å². The molecule has 0 radical (unpaired) electrons. The van der Waals surface area contributed by atoms with Gasteiger partial charge in [0.1, 0.15) is 6.73 Å². The lowest BCUT2D eigenvalue weighted by Crippen LogP contribution is -2.25. The third kappa shape index (κ3) is 3.09. The third-order valence-electron chi connectivity index (χ3n) is 1.83. The highest BCUT2D eigenvalue weighted by molar-refractivity contribution is 5.59. The second kappa shape index (κ2) is 4.98. The molecule has 0 spiro atoms. The fourth-order valence-corrected chi connectivity index (χ4v) is 1.22. The molecule has 0 saturated carbocycles. The Balaban J connectivity index is 2.03. The molecule has 0 unspecified atom stereocenters. The van der Waals surface area contributed by atoms with E-state index >= 15 is 0 Å². The molecule has 4 heteroatoms. The van der Waals surface area contributed by atoms with E-state index in [1.54, 1.807) is 6.92 Å². The molecule has 0 aliphatic carbocycles. The summed E-state index contributed by atoms with van der Waals surface area (Å²) in [5.74, 6) is 0. The first-order valence-electron chi connectivity index (χ1n) is 4.35. The Labute approximate surface area is 72.4 Å². The summed E-state index contributed by atoms with van der Waals surface area (Å²) in [5.41, 5.74) is 0. The third-order valence-corrected chi connectivity index (χ3v) is 1.83. The minimum Gasteiger partial charge on any atom is -0.435 e. The van der Waals surface area contributed by atoms with E-state index in [0.29, 0.717) is 13.3 Å². The zero-order valence-corrected chi connectivity index (χ0v) is 7.41. The predicted molar refractivity (Wildman–Crippen MR) is 43.8 cm³/mol. The molecule has 1 rings (SSSR count). The van der Waals surface area contributed by atoms with Crippen LogP contribution < -0.4 is 0 Å². The van der Waals surface area contributed by atoms with E-state index < -0.39 is 6.16 Å². The van der Waals surface area contributed by atoms with Gasteiger partial charge in [0.15, 0.2) is 0 Å². The largest absolute Gasteiger partial charge is 0.509 e. The first-order chi connectivity index (χ1) is 5.83. The minimum absolute atomic E-state index is 0.374. The molecule has 0 atom stereocenters. The molecule has 4 nitrogen and oxygen atoms in total. The summed E-state index contributed by atoms with van der Waals surface area (Å²) in [5, 5.41) is 0. The van der Waals surface area contributed by atoms with Crippen LogP contribution in [0.4, 0.5) is 4.79 Å². The van der Waals surface area contributed by atoms with Gasteiger partial charge in [-0.2, -0.15) is 0 Å². The Kier molecular flexibility index (Phi) is 3.87. The molecule has 0 aromatic carbocycles. The van der Waals surface area contributed by atoms with Gasteiger partial charge in [-0.15, -0.1) is 0 Å². The van der Waals surface area contributed by atoms with Crippen molar-refractivity contribution in [1.82, 2.24) is 4.90 Å². The number of ether oxygens (including phenoxy) is 2. The van der Waals surface area contributed by atoms with Crippen molar-refractivity contribution in [3.05, 3.63) is 0 Å². The number of hydrogen-bond donors (Lipinski definition) is 0. The van der Waals surface area contributed by atoms with Crippen LogP contribution in [0.25, 0.3) is 0 Å². The van der Waals surface area contributed by atoms with Gasteiger partial charge in [-0.3, -0.25) is 4.90 Å². The van der Waals surface area contributed by atoms with Gasteiger partial charge in [0.05, 0.1) is 6.61 Å². The van der Waals surface area contributed by atoms with Crippen molar-refractivity contribution in [2.45, 2.75) is 19.8 Å². The van der Waals surface area contributed by atoms with Gasteiger partial charge in [-0.25, -0.2) is 4.79 Å². The number of hydrogen-bond acceptors (Lipinski definition) is 4. The fraction of sp³-hybridized carbons (Fsp3) is 0.875. The maximum absolute atomic E-state index is 10.7. The van der Waals surface area contributed by atoms with Gasteiger partial charge < -0.3 is 9.47 Å². The van der Waals surface area contributed by atoms with E-state index in [1.807, 2.05) is 0 Å². The van der Waals surface area contributed by atoms with Crippen molar-refractivity contribution in [2.24, 2.45) is 0 Å². The highest BCUT2D eigenvalue weighted by atomic mass is 16.7. The lowest BCUT2D eigenvalue weighted by atomic mass is 10.4. The second-order valence-electron chi connectivity index (χ2n) is 2.78. The van der Waals surface area contributed by atoms with E-state index in [4.69, 9.17) is 4.74 Å². The maximum Gasteiger partial charge on any atom is 0.509 e. The summed E-state index contributed by atoms with van der Waals surface area (Å²) in [6, 6.07) is 0. The maximum atomic E-state index is 10.7. The average Bonchev–Trinajstić information content (AvgIpc) is 2.53. The van der Waals surface area contributed by atoms with Crippen LogP contribution in [0, 0.1) is 0 Å². The summed E-state index contributed by atoms with van der Waals surface area (Å²) < 4.78 is 9.44. The number of nitrogens with zero attached hydrogens (tertiary/aromatic N) is 1. The summed E-state index contributed by atoms with van der Waals surface area (Å²) >= 11 is 0. The molecule has 1 fully saturated rings. The zero-order chi connectivity index (χ0) is 8.81. The lowest BCUT2D eigenvalue weighted by Gasteiger charge is -2.13. The molecule has 1 heterocycles. The highest BCUT2D eigenvalue weighted by Gasteiger charge is 2.13. The van der Waals surface area contributed by atoms with Crippen LogP contribution in [0.2, 0.25) is 0 Å². The molecule has 12 heavy (non-hydrogen) atoms. The van der Waals surface area contributed by atoms with Gasteiger partial charge in [-0.1, -0.05) is 0 Å². The van der Waals surface area contributed by atoms with Crippen LogP contribution in [0.1, 0.15) is 19.8 Å². The molecule has 0 aromatic heterocycles. The molecule has 0 N–H and O–H groups in total. The van der Waals surface area contributed by atoms with Crippen LogP contribution in [0.3, 0.4) is 0 Å². The average molecular weight is 173 g/mol. The molecule has 70 valence electrons. The molecule has 0 bridgehead atoms. The van der Waals surface area contributed by atoms with Gasteiger partial charge in [-0.05, 0) is 19.8 Å². The van der Waals surface area contributed by atoms with E-state index in [1.165, 1.54) is 12.8 Å². The van der Waals surface area contributed by atoms with E-state index in [2.05, 4.69) is 9.64 Å². The van der Waals surface area contributed by atoms with Crippen molar-refractivity contribution >= 4 is 6.16 Å². The Morgan fingerprint density at radius 2 is 2.00 bits per heavy atom. The summed E-state index contributed by atoms with van der Waals surface area (Å²) in [7, 11) is 0. The predicted octanol–water partition coefficient (Wildman–Crippen LogP) is 1.21. The topological polar surface area (TPSA) is 38.8 Å². The van der Waals surface area contributed by atoms with Crippen molar-refractivity contribution in [1.29, 1.82) is 0 Å². The van der Waals surface area contributed by atoms with E-state index in [-0.39, 0.29) is 0 Å². The summed E-state index contributed by atoms with van der Waals surface area (Å²) in [4.78, 5) is 12.8. The molecular weight excluding hydrogens is 158 g/mol. The van der Waals surface area contributed by atoms with E-state index in [0.717, 1.165) is 13.1 Å². The molecule has 1 aliphatic heterocycles. The van der Waals surface area contributed by atoms with Gasteiger partial charge in [0.25, 0.3) is 0 Å². The smallest absolute Gasteiger partial charge is 0.435 e. The molecule has 0 aromatic rings. The van der Waals surface area contributed by atoms with Gasteiger partial charge in [0.2, 0.25) is 0 Å². The monoisotopic (exact) mass is 173 g/mol. The van der Waals surface area contributed by atoms with Crippen LogP contribution in [-0.4, -0.2) is 37.5 Å². The molecule has 0 amide bonds. The Morgan fingerprint density at radius 1 is 1.33 bits per heavy atom. The normalized spacial score (nSPS) is 17.8. The van der Waals surface area contributed by atoms with Crippen LogP contribution in [0.15, 0.2) is 0 Å². The minimum atomic E-state index is -0.565. The number of rotatable bonds is 3. The highest BCUT2D eigenvalue weighted by Crippen LogP contribution is 2.06. The van der Waals surface area contributed by atoms with Crippen molar-refractivity contribution in [3.63, 3.8) is 0 Å². The fourth-order valence-electron chi connectivity index (χ4n) is 1.22. The number of likely N-dealkylation sites (tertiary alicyclic amines) is 1. The summed E-state index contributed by atoms with van der Waals surface area (Å²) in [6.07, 6.45) is 1.84. The van der Waals surface area contributed by atoms with Gasteiger partial charge >= 0.3 is 6.16 Å². The second-order valence-corrected chi connectivity index (χ2v) is 2.78. The SMILES string of the molecule is CCOC(=O)OCN1CCCC1. The van der Waals surface area contributed by atoms with Crippen LogP contribution in [-0.2, 0) is 9.47 Å². The standard InChI is InChI=1S/C8H15NO3/c1-2-11-8(10)12-7-9-5-3-4-6-9/h2-7H2,1H3. The van der Waals surface area contributed by atoms with Crippen molar-refractivity contribution in [2.75, 3.05) is 26.4 Å². The molecular formula is C8H15NO3. The number of carbonyl (C=O) groups is 1. The van der Waals surface area contributed by atoms with Gasteiger partial charge in [0, 0.05) is 13.1 Å². The number of carbonyl (C=O) groups excluding carboxylic acids is 1. The first-order valence-corrected chi connectivity index (χ1v) is 4.35. The first kappa shape index (κ1) is 9.32. The zero-order valence-electron chi connectivity index (χ0n) is 7.41. The Bertz CT molecular complexity index is 143. The van der Waals surface area contributed by atoms with Crippen LogP contribution in [0.5, 0.6) is 0 Å².